The Morgan fingerprint density at radius 2 is 2.00 bits per heavy atom. The van der Waals surface area contributed by atoms with Gasteiger partial charge in [-0.1, -0.05) is 24.3 Å². The number of carboxylic acid groups (broad SMARTS) is 1. The van der Waals surface area contributed by atoms with Crippen molar-refractivity contribution in [1.29, 1.82) is 0 Å². The monoisotopic (exact) mass is 207 g/mol. The first kappa shape index (κ1) is 11.2. The summed E-state index contributed by atoms with van der Waals surface area (Å²) in [7, 11) is 0. The van der Waals surface area contributed by atoms with Crippen LogP contribution < -0.4 is 5.32 Å². The van der Waals surface area contributed by atoms with Crippen LogP contribution in [0.5, 0.6) is 0 Å². The van der Waals surface area contributed by atoms with Crippen LogP contribution in [0.15, 0.2) is 24.3 Å². The van der Waals surface area contributed by atoms with Crippen LogP contribution in [0.25, 0.3) is 0 Å². The minimum atomic E-state index is -1.11. The maximum absolute atomic E-state index is 11.0. The number of carbonyl (C=O) groups is 2. The smallest absolute Gasteiger partial charge is 0.312 e. The zero-order valence-electron chi connectivity index (χ0n) is 8.49. The van der Waals surface area contributed by atoms with Crippen LogP contribution in [0.1, 0.15) is 17.5 Å². The van der Waals surface area contributed by atoms with Crippen LogP contribution >= 0.6 is 0 Å². The molecule has 0 aliphatic rings. The van der Waals surface area contributed by atoms with Crippen LogP contribution in [-0.4, -0.2) is 17.0 Å². The molecule has 0 unspecified atom stereocenters. The highest BCUT2D eigenvalue weighted by Crippen LogP contribution is 2.05. The SMILES string of the molecule is Cc1ccccc1CNC(=O)CC(=O)O. The lowest BCUT2D eigenvalue weighted by molar-refractivity contribution is -0.140. The molecule has 0 fully saturated rings. The quantitative estimate of drug-likeness (QED) is 0.726. The maximum atomic E-state index is 11.0. The maximum Gasteiger partial charge on any atom is 0.312 e. The van der Waals surface area contributed by atoms with Crippen LogP contribution in [0, 0.1) is 6.92 Å². The Kier molecular flexibility index (Phi) is 3.85. The third-order valence-electron chi connectivity index (χ3n) is 2.05. The first-order chi connectivity index (χ1) is 7.09. The first-order valence-electron chi connectivity index (χ1n) is 4.62. The number of nitrogens with one attached hydrogen (secondary N) is 1. The minimum Gasteiger partial charge on any atom is -0.481 e. The molecule has 0 radical (unpaired) electrons. The Morgan fingerprint density at radius 1 is 1.33 bits per heavy atom. The summed E-state index contributed by atoms with van der Waals surface area (Å²) >= 11 is 0. The predicted molar refractivity (Wildman–Crippen MR) is 55.3 cm³/mol. The van der Waals surface area contributed by atoms with Crippen LogP contribution in [0.2, 0.25) is 0 Å². The second-order valence-corrected chi connectivity index (χ2v) is 3.27. The lowest BCUT2D eigenvalue weighted by Gasteiger charge is -2.06. The van der Waals surface area contributed by atoms with Crippen molar-refractivity contribution in [1.82, 2.24) is 5.32 Å². The standard InChI is InChI=1S/C11H13NO3/c1-8-4-2-3-5-9(8)7-12-10(13)6-11(14)15/h2-5H,6-7H2,1H3,(H,12,13)(H,14,15). The van der Waals surface area contributed by atoms with E-state index in [0.717, 1.165) is 11.1 Å². The van der Waals surface area contributed by atoms with E-state index in [4.69, 9.17) is 5.11 Å². The van der Waals surface area contributed by atoms with Crippen molar-refractivity contribution in [2.24, 2.45) is 0 Å². The molecule has 0 heterocycles. The minimum absolute atomic E-state index is 0.374. The number of benzene rings is 1. The lowest BCUT2D eigenvalue weighted by atomic mass is 10.1. The highest BCUT2D eigenvalue weighted by atomic mass is 16.4. The molecule has 4 nitrogen and oxygen atoms in total. The van der Waals surface area contributed by atoms with Crippen molar-refractivity contribution < 1.29 is 14.7 Å². The van der Waals surface area contributed by atoms with Crippen molar-refractivity contribution >= 4 is 11.9 Å². The van der Waals surface area contributed by atoms with Crippen molar-refractivity contribution in [2.75, 3.05) is 0 Å². The molecular formula is C11H13NO3. The van der Waals surface area contributed by atoms with Crippen LogP contribution in [0.4, 0.5) is 0 Å². The summed E-state index contributed by atoms with van der Waals surface area (Å²) in [5, 5.41) is 10.9. The van der Waals surface area contributed by atoms with E-state index in [2.05, 4.69) is 5.32 Å². The number of rotatable bonds is 4. The van der Waals surface area contributed by atoms with Gasteiger partial charge in [0.1, 0.15) is 6.42 Å². The summed E-state index contributed by atoms with van der Waals surface area (Å²) in [5.74, 6) is -1.58. The van der Waals surface area contributed by atoms with Gasteiger partial charge in [0.15, 0.2) is 0 Å². The molecule has 2 N–H and O–H groups in total. The summed E-state index contributed by atoms with van der Waals surface area (Å²) in [6.45, 7) is 2.32. The van der Waals surface area contributed by atoms with Gasteiger partial charge in [0.25, 0.3) is 0 Å². The Labute approximate surface area is 87.9 Å². The van der Waals surface area contributed by atoms with Gasteiger partial charge in [-0.2, -0.15) is 0 Å². The second kappa shape index (κ2) is 5.14. The third-order valence-corrected chi connectivity index (χ3v) is 2.05. The molecule has 1 aromatic rings. The summed E-state index contributed by atoms with van der Waals surface area (Å²) < 4.78 is 0. The summed E-state index contributed by atoms with van der Waals surface area (Å²) in [4.78, 5) is 21.3. The molecule has 1 amide bonds. The van der Waals surface area contributed by atoms with E-state index < -0.39 is 18.3 Å². The molecule has 0 aliphatic heterocycles. The molecular weight excluding hydrogens is 194 g/mol. The number of hydrogen-bond acceptors (Lipinski definition) is 2. The second-order valence-electron chi connectivity index (χ2n) is 3.27. The summed E-state index contributed by atoms with van der Waals surface area (Å²) in [5.41, 5.74) is 2.07. The van der Waals surface area contributed by atoms with E-state index in [0.29, 0.717) is 6.54 Å². The van der Waals surface area contributed by atoms with E-state index in [1.807, 2.05) is 31.2 Å². The number of carboxylic acids is 1. The zero-order valence-corrected chi connectivity index (χ0v) is 8.49. The Balaban J connectivity index is 2.47. The number of carbonyl (C=O) groups excluding carboxylic acids is 1. The van der Waals surface area contributed by atoms with Crippen molar-refractivity contribution in [3.8, 4) is 0 Å². The molecule has 0 saturated heterocycles. The molecule has 0 aliphatic carbocycles. The van der Waals surface area contributed by atoms with Crippen molar-refractivity contribution in [2.45, 2.75) is 19.9 Å². The number of aryl methyl sites for hydroxylation is 1. The average Bonchev–Trinajstić information content (AvgIpc) is 2.15. The number of amides is 1. The fourth-order valence-electron chi connectivity index (χ4n) is 1.20. The predicted octanol–water partition coefficient (Wildman–Crippen LogP) is 1.09. The van der Waals surface area contributed by atoms with Gasteiger partial charge in [-0.25, -0.2) is 0 Å². The zero-order chi connectivity index (χ0) is 11.3. The van der Waals surface area contributed by atoms with Gasteiger partial charge in [-0.3, -0.25) is 9.59 Å². The molecule has 0 spiro atoms. The molecule has 0 atom stereocenters. The Hall–Kier alpha value is -1.84. The molecule has 4 heteroatoms. The van der Waals surface area contributed by atoms with Crippen molar-refractivity contribution in [3.05, 3.63) is 35.4 Å². The molecule has 1 rings (SSSR count). The summed E-state index contributed by atoms with van der Waals surface area (Å²) in [6.07, 6.45) is -0.480. The van der Waals surface area contributed by atoms with Gasteiger partial charge in [0.2, 0.25) is 5.91 Å². The van der Waals surface area contributed by atoms with Crippen molar-refractivity contribution in [3.63, 3.8) is 0 Å². The highest BCUT2D eigenvalue weighted by Gasteiger charge is 2.06. The van der Waals surface area contributed by atoms with E-state index in [1.54, 1.807) is 0 Å². The van der Waals surface area contributed by atoms with Gasteiger partial charge in [0, 0.05) is 6.54 Å². The normalized spacial score (nSPS) is 9.67. The van der Waals surface area contributed by atoms with E-state index >= 15 is 0 Å². The van der Waals surface area contributed by atoms with E-state index in [1.165, 1.54) is 0 Å². The fourth-order valence-corrected chi connectivity index (χ4v) is 1.20. The van der Waals surface area contributed by atoms with Gasteiger partial charge < -0.3 is 10.4 Å². The van der Waals surface area contributed by atoms with Crippen LogP contribution in [-0.2, 0) is 16.1 Å². The van der Waals surface area contributed by atoms with Gasteiger partial charge >= 0.3 is 5.97 Å². The van der Waals surface area contributed by atoms with Gasteiger partial charge in [-0.05, 0) is 18.1 Å². The largest absolute Gasteiger partial charge is 0.481 e. The van der Waals surface area contributed by atoms with Crippen LogP contribution in [0.3, 0.4) is 0 Å². The molecule has 0 bridgehead atoms. The van der Waals surface area contributed by atoms with E-state index in [9.17, 15) is 9.59 Å². The number of hydrogen-bond donors (Lipinski definition) is 2. The first-order valence-corrected chi connectivity index (χ1v) is 4.62. The molecule has 15 heavy (non-hydrogen) atoms. The van der Waals surface area contributed by atoms with Gasteiger partial charge in [-0.15, -0.1) is 0 Å². The fraction of sp³-hybridized carbons (Fsp3) is 0.273. The topological polar surface area (TPSA) is 66.4 Å². The number of aliphatic carboxylic acids is 1. The summed E-state index contributed by atoms with van der Waals surface area (Å²) in [6, 6.07) is 7.64. The Morgan fingerprint density at radius 3 is 2.60 bits per heavy atom. The van der Waals surface area contributed by atoms with E-state index in [-0.39, 0.29) is 0 Å². The molecule has 80 valence electrons. The molecule has 0 aromatic heterocycles. The average molecular weight is 207 g/mol. The molecule has 1 aromatic carbocycles. The van der Waals surface area contributed by atoms with Gasteiger partial charge in [0.05, 0.1) is 0 Å². The third kappa shape index (κ3) is 3.81. The highest BCUT2D eigenvalue weighted by molar-refractivity contribution is 5.93. The molecule has 0 saturated carbocycles. The Bertz CT molecular complexity index is 374. The lowest BCUT2D eigenvalue weighted by Crippen LogP contribution is -2.25.